The van der Waals surface area contributed by atoms with Crippen LogP contribution in [0.1, 0.15) is 50.0 Å². The molecule has 0 aromatic carbocycles. The first-order chi connectivity index (χ1) is 7.41. The topological polar surface area (TPSA) is 55.1 Å². The highest BCUT2D eigenvalue weighted by Gasteiger charge is 2.15. The highest BCUT2D eigenvalue weighted by Crippen LogP contribution is 2.19. The summed E-state index contributed by atoms with van der Waals surface area (Å²) in [5.41, 5.74) is 0.132. The smallest absolute Gasteiger partial charge is 0.356 e. The Morgan fingerprint density at radius 3 is 2.56 bits per heavy atom. The summed E-state index contributed by atoms with van der Waals surface area (Å²) in [6.07, 6.45) is 1.61. The molecule has 4 nitrogen and oxygen atoms in total. The number of carboxylic acids is 1. The van der Waals surface area contributed by atoms with Gasteiger partial charge in [-0.2, -0.15) is 11.8 Å². The summed E-state index contributed by atoms with van der Waals surface area (Å²) in [5, 5.41) is 9.42. The van der Waals surface area contributed by atoms with Gasteiger partial charge in [0, 0.05) is 12.2 Å². The number of imidazole rings is 1. The number of nitrogens with zero attached hydrogens (tertiary/aromatic N) is 2. The summed E-state index contributed by atoms with van der Waals surface area (Å²) in [6, 6.07) is 0.239. The fraction of sp³-hybridized carbons (Fsp3) is 0.636. The SMILES string of the molecule is CC(C)SCc1nc(C(=O)O)cn1C(C)C. The summed E-state index contributed by atoms with van der Waals surface area (Å²) in [4.78, 5) is 15.0. The lowest BCUT2D eigenvalue weighted by atomic mass is 10.4. The third kappa shape index (κ3) is 3.27. The van der Waals surface area contributed by atoms with Gasteiger partial charge in [0.2, 0.25) is 0 Å². The van der Waals surface area contributed by atoms with Gasteiger partial charge in [-0.15, -0.1) is 0 Å². The van der Waals surface area contributed by atoms with E-state index in [1.54, 1.807) is 18.0 Å². The molecule has 0 atom stereocenters. The zero-order chi connectivity index (χ0) is 12.3. The molecule has 0 unspecified atom stereocenters. The minimum atomic E-state index is -0.963. The fourth-order valence-electron chi connectivity index (χ4n) is 1.33. The van der Waals surface area contributed by atoms with Crippen LogP contribution in [0.15, 0.2) is 6.20 Å². The van der Waals surface area contributed by atoms with E-state index in [-0.39, 0.29) is 11.7 Å². The van der Waals surface area contributed by atoms with Crippen LogP contribution in [0.25, 0.3) is 0 Å². The predicted molar refractivity (Wildman–Crippen MR) is 66.0 cm³/mol. The van der Waals surface area contributed by atoms with Crippen LogP contribution in [0.5, 0.6) is 0 Å². The van der Waals surface area contributed by atoms with E-state index in [9.17, 15) is 4.79 Å². The maximum atomic E-state index is 10.8. The van der Waals surface area contributed by atoms with Gasteiger partial charge in [-0.05, 0) is 19.1 Å². The molecule has 0 amide bonds. The lowest BCUT2D eigenvalue weighted by Gasteiger charge is -2.11. The van der Waals surface area contributed by atoms with Gasteiger partial charge in [-0.1, -0.05) is 13.8 Å². The second-order valence-electron chi connectivity index (χ2n) is 4.21. The van der Waals surface area contributed by atoms with Crippen molar-refractivity contribution in [3.05, 3.63) is 17.7 Å². The quantitative estimate of drug-likeness (QED) is 0.862. The normalized spacial score (nSPS) is 11.4. The van der Waals surface area contributed by atoms with Crippen LogP contribution in [0.2, 0.25) is 0 Å². The van der Waals surface area contributed by atoms with E-state index in [0.29, 0.717) is 5.25 Å². The van der Waals surface area contributed by atoms with Crippen molar-refractivity contribution in [2.24, 2.45) is 0 Å². The van der Waals surface area contributed by atoms with E-state index in [1.165, 1.54) is 0 Å². The molecule has 0 bridgehead atoms. The zero-order valence-corrected chi connectivity index (χ0v) is 10.9. The summed E-state index contributed by atoms with van der Waals surface area (Å²) in [7, 11) is 0. The Labute approximate surface area is 100 Å². The second kappa shape index (κ2) is 5.39. The van der Waals surface area contributed by atoms with Crippen molar-refractivity contribution in [1.82, 2.24) is 9.55 Å². The van der Waals surface area contributed by atoms with Crippen molar-refractivity contribution in [2.75, 3.05) is 0 Å². The molecule has 0 saturated heterocycles. The van der Waals surface area contributed by atoms with Crippen LogP contribution < -0.4 is 0 Å². The van der Waals surface area contributed by atoms with Crippen LogP contribution in [-0.4, -0.2) is 25.9 Å². The number of carboxylic acid groups (broad SMARTS) is 1. The third-order valence-electron chi connectivity index (χ3n) is 2.13. The molecule has 1 aromatic rings. The summed E-state index contributed by atoms with van der Waals surface area (Å²) in [6.45, 7) is 8.28. The Bertz CT molecular complexity index is 372. The van der Waals surface area contributed by atoms with E-state index < -0.39 is 5.97 Å². The van der Waals surface area contributed by atoms with Crippen molar-refractivity contribution in [3.63, 3.8) is 0 Å². The molecule has 1 rings (SSSR count). The maximum Gasteiger partial charge on any atom is 0.356 e. The van der Waals surface area contributed by atoms with E-state index in [0.717, 1.165) is 11.6 Å². The number of aromatic carboxylic acids is 1. The Kier molecular flexibility index (Phi) is 4.41. The van der Waals surface area contributed by atoms with E-state index in [1.807, 2.05) is 18.4 Å². The van der Waals surface area contributed by atoms with Crippen molar-refractivity contribution >= 4 is 17.7 Å². The van der Waals surface area contributed by atoms with Crippen LogP contribution in [0.4, 0.5) is 0 Å². The number of rotatable bonds is 5. The predicted octanol–water partition coefficient (Wildman–Crippen LogP) is 2.80. The van der Waals surface area contributed by atoms with Gasteiger partial charge in [-0.3, -0.25) is 0 Å². The second-order valence-corrected chi connectivity index (χ2v) is 5.77. The van der Waals surface area contributed by atoms with Gasteiger partial charge in [0.1, 0.15) is 5.82 Å². The van der Waals surface area contributed by atoms with Crippen LogP contribution in [0.3, 0.4) is 0 Å². The van der Waals surface area contributed by atoms with Gasteiger partial charge >= 0.3 is 5.97 Å². The molecule has 0 aliphatic rings. The lowest BCUT2D eigenvalue weighted by molar-refractivity contribution is 0.0691. The third-order valence-corrected chi connectivity index (χ3v) is 3.22. The van der Waals surface area contributed by atoms with Gasteiger partial charge in [-0.25, -0.2) is 9.78 Å². The monoisotopic (exact) mass is 242 g/mol. The fourth-order valence-corrected chi connectivity index (χ4v) is 2.03. The summed E-state index contributed by atoms with van der Waals surface area (Å²) in [5.74, 6) is 0.629. The number of carbonyl (C=O) groups is 1. The first-order valence-corrected chi connectivity index (χ1v) is 6.39. The molecular weight excluding hydrogens is 224 g/mol. The maximum absolute atomic E-state index is 10.8. The minimum Gasteiger partial charge on any atom is -0.476 e. The Morgan fingerprint density at radius 1 is 1.50 bits per heavy atom. The molecule has 0 aliphatic carbocycles. The number of thioether (sulfide) groups is 1. The summed E-state index contributed by atoms with van der Waals surface area (Å²) < 4.78 is 1.93. The number of aromatic nitrogens is 2. The van der Waals surface area contributed by atoms with E-state index in [2.05, 4.69) is 18.8 Å². The first kappa shape index (κ1) is 13.1. The molecule has 0 aliphatic heterocycles. The average Bonchev–Trinajstić information content (AvgIpc) is 2.58. The van der Waals surface area contributed by atoms with Gasteiger partial charge in [0.15, 0.2) is 5.69 Å². The Hall–Kier alpha value is -0.970. The molecule has 1 aromatic heterocycles. The molecular formula is C11H18N2O2S. The molecule has 0 radical (unpaired) electrons. The van der Waals surface area contributed by atoms with Gasteiger partial charge in [0.25, 0.3) is 0 Å². The van der Waals surface area contributed by atoms with E-state index >= 15 is 0 Å². The van der Waals surface area contributed by atoms with E-state index in [4.69, 9.17) is 5.11 Å². The zero-order valence-electron chi connectivity index (χ0n) is 10.1. The van der Waals surface area contributed by atoms with Crippen molar-refractivity contribution in [1.29, 1.82) is 0 Å². The molecule has 0 spiro atoms. The highest BCUT2D eigenvalue weighted by molar-refractivity contribution is 7.99. The molecule has 0 saturated carbocycles. The highest BCUT2D eigenvalue weighted by atomic mass is 32.2. The number of hydrogen-bond donors (Lipinski definition) is 1. The Balaban J connectivity index is 2.91. The molecule has 1 heterocycles. The summed E-state index contributed by atoms with van der Waals surface area (Å²) >= 11 is 1.76. The Morgan fingerprint density at radius 2 is 2.12 bits per heavy atom. The van der Waals surface area contributed by atoms with Crippen LogP contribution in [0, 0.1) is 0 Å². The molecule has 0 fully saturated rings. The lowest BCUT2D eigenvalue weighted by Crippen LogP contribution is -2.05. The average molecular weight is 242 g/mol. The minimum absolute atomic E-state index is 0.132. The molecule has 16 heavy (non-hydrogen) atoms. The van der Waals surface area contributed by atoms with Crippen molar-refractivity contribution in [3.8, 4) is 0 Å². The molecule has 5 heteroatoms. The molecule has 90 valence electrons. The number of hydrogen-bond acceptors (Lipinski definition) is 3. The standard InChI is InChI=1S/C11H18N2O2S/c1-7(2)13-5-9(11(14)15)12-10(13)6-16-8(3)4/h5,7-8H,6H2,1-4H3,(H,14,15). The van der Waals surface area contributed by atoms with Gasteiger partial charge in [0.05, 0.1) is 5.75 Å². The largest absolute Gasteiger partial charge is 0.476 e. The first-order valence-electron chi connectivity index (χ1n) is 5.34. The molecule has 1 N–H and O–H groups in total. The van der Waals surface area contributed by atoms with Gasteiger partial charge < -0.3 is 9.67 Å². The van der Waals surface area contributed by atoms with Crippen molar-refractivity contribution in [2.45, 2.75) is 44.7 Å². The van der Waals surface area contributed by atoms with Crippen LogP contribution >= 0.6 is 11.8 Å². The van der Waals surface area contributed by atoms with Crippen molar-refractivity contribution < 1.29 is 9.90 Å². The van der Waals surface area contributed by atoms with Crippen LogP contribution in [-0.2, 0) is 5.75 Å².